The van der Waals surface area contributed by atoms with Crippen molar-refractivity contribution in [1.82, 2.24) is 0 Å². The van der Waals surface area contributed by atoms with Crippen LogP contribution < -0.4 is 19.3 Å². The molecule has 0 spiro atoms. The van der Waals surface area contributed by atoms with Gasteiger partial charge >= 0.3 is 0 Å². The van der Waals surface area contributed by atoms with Gasteiger partial charge in [0.1, 0.15) is 17.6 Å². The predicted molar refractivity (Wildman–Crippen MR) is 124 cm³/mol. The first-order chi connectivity index (χ1) is 15.9. The summed E-state index contributed by atoms with van der Waals surface area (Å²) in [6.45, 7) is 0. The van der Waals surface area contributed by atoms with E-state index >= 15 is 0 Å². The molecule has 0 radical (unpaired) electrons. The van der Waals surface area contributed by atoms with E-state index in [1.165, 1.54) is 25.4 Å². The molecule has 0 saturated carbocycles. The number of anilines is 2. The summed E-state index contributed by atoms with van der Waals surface area (Å²) in [6, 6.07) is 14.4. The highest BCUT2D eigenvalue weighted by molar-refractivity contribution is 6.51. The van der Waals surface area contributed by atoms with Crippen molar-refractivity contribution in [3.63, 3.8) is 0 Å². The molecule has 2 aromatic carbocycles. The molecule has 1 atom stereocenters. The number of hydrogen-bond acceptors (Lipinski definition) is 7. The number of carbonyl (C=O) groups is 2. The zero-order valence-electron chi connectivity index (χ0n) is 18.7. The maximum Gasteiger partial charge on any atom is 0.300 e. The van der Waals surface area contributed by atoms with Gasteiger partial charge in [-0.05, 0) is 54.6 Å². The lowest BCUT2D eigenvalue weighted by atomic mass is 9.99. The third kappa shape index (κ3) is 3.80. The summed E-state index contributed by atoms with van der Waals surface area (Å²) in [5.41, 5.74) is 1.69. The number of furan rings is 1. The zero-order valence-corrected chi connectivity index (χ0v) is 18.7. The molecule has 8 heteroatoms. The third-order valence-corrected chi connectivity index (χ3v) is 5.56. The standard InChI is InChI=1S/C25H24N2O6/c1-26(2)16-8-10-17(11-9-16)27-22(19-6-5-13-33-19)21(24(29)25(27)30)23(28)15-7-12-18(31-3)20(14-15)32-4/h5-14,22,28H,1-4H3/b23-21-. The highest BCUT2D eigenvalue weighted by Crippen LogP contribution is 2.43. The van der Waals surface area contributed by atoms with E-state index in [0.717, 1.165) is 5.69 Å². The Morgan fingerprint density at radius 1 is 1.00 bits per heavy atom. The van der Waals surface area contributed by atoms with Gasteiger partial charge in [-0.2, -0.15) is 0 Å². The first-order valence-electron chi connectivity index (χ1n) is 10.2. The number of amides is 1. The van der Waals surface area contributed by atoms with Crippen molar-refractivity contribution in [2.75, 3.05) is 38.1 Å². The van der Waals surface area contributed by atoms with Crippen LogP contribution in [0, 0.1) is 0 Å². The van der Waals surface area contributed by atoms with Gasteiger partial charge in [-0.25, -0.2) is 0 Å². The summed E-state index contributed by atoms with van der Waals surface area (Å²) in [5.74, 6) is -0.685. The molecule has 0 aliphatic carbocycles. The molecule has 8 nitrogen and oxygen atoms in total. The lowest BCUT2D eigenvalue weighted by molar-refractivity contribution is -0.132. The Morgan fingerprint density at radius 3 is 2.27 bits per heavy atom. The Labute approximate surface area is 191 Å². The van der Waals surface area contributed by atoms with Crippen LogP contribution in [0.4, 0.5) is 11.4 Å². The summed E-state index contributed by atoms with van der Waals surface area (Å²) >= 11 is 0. The van der Waals surface area contributed by atoms with Crippen LogP contribution in [0.25, 0.3) is 5.76 Å². The van der Waals surface area contributed by atoms with Crippen molar-refractivity contribution in [2.24, 2.45) is 0 Å². The zero-order chi connectivity index (χ0) is 23.7. The van der Waals surface area contributed by atoms with E-state index in [1.807, 2.05) is 31.1 Å². The molecular weight excluding hydrogens is 424 g/mol. The molecule has 0 bridgehead atoms. The minimum atomic E-state index is -0.932. The van der Waals surface area contributed by atoms with Crippen molar-refractivity contribution in [3.8, 4) is 11.5 Å². The van der Waals surface area contributed by atoms with E-state index < -0.39 is 17.7 Å². The molecule has 1 unspecified atom stereocenters. The second-order valence-corrected chi connectivity index (χ2v) is 7.67. The van der Waals surface area contributed by atoms with Crippen LogP contribution in [0.15, 0.2) is 70.9 Å². The van der Waals surface area contributed by atoms with Crippen molar-refractivity contribution in [3.05, 3.63) is 77.8 Å². The number of methoxy groups -OCH3 is 2. The van der Waals surface area contributed by atoms with Gasteiger partial charge in [0.15, 0.2) is 11.5 Å². The van der Waals surface area contributed by atoms with E-state index in [1.54, 1.807) is 42.5 Å². The molecule has 1 saturated heterocycles. The molecule has 33 heavy (non-hydrogen) atoms. The lowest BCUT2D eigenvalue weighted by Crippen LogP contribution is -2.29. The van der Waals surface area contributed by atoms with Crippen LogP contribution >= 0.6 is 0 Å². The van der Waals surface area contributed by atoms with Crippen LogP contribution in [0.3, 0.4) is 0 Å². The summed E-state index contributed by atoms with van der Waals surface area (Å²) in [6.07, 6.45) is 1.46. The molecule has 170 valence electrons. The monoisotopic (exact) mass is 448 g/mol. The van der Waals surface area contributed by atoms with E-state index in [9.17, 15) is 14.7 Å². The number of ether oxygens (including phenoxy) is 2. The average Bonchev–Trinajstić information content (AvgIpc) is 3.45. The van der Waals surface area contributed by atoms with Gasteiger partial charge in [0.2, 0.25) is 0 Å². The van der Waals surface area contributed by atoms with Gasteiger partial charge in [0.25, 0.3) is 11.7 Å². The van der Waals surface area contributed by atoms with Gasteiger partial charge in [0.05, 0.1) is 26.1 Å². The van der Waals surface area contributed by atoms with Crippen molar-refractivity contribution in [2.45, 2.75) is 6.04 Å². The van der Waals surface area contributed by atoms with Crippen LogP contribution in [0.2, 0.25) is 0 Å². The first-order valence-corrected chi connectivity index (χ1v) is 10.2. The minimum absolute atomic E-state index is 0.0705. The number of rotatable bonds is 6. The molecule has 4 rings (SSSR count). The maximum atomic E-state index is 13.1. The molecule has 1 aliphatic heterocycles. The smallest absolute Gasteiger partial charge is 0.300 e. The molecule has 2 heterocycles. The fourth-order valence-electron chi connectivity index (χ4n) is 3.87. The number of hydrogen-bond donors (Lipinski definition) is 1. The fraction of sp³-hybridized carbons (Fsp3) is 0.200. The topological polar surface area (TPSA) is 92.5 Å². The average molecular weight is 448 g/mol. The van der Waals surface area contributed by atoms with Crippen molar-refractivity contribution in [1.29, 1.82) is 0 Å². The largest absolute Gasteiger partial charge is 0.507 e. The molecule has 1 fully saturated rings. The van der Waals surface area contributed by atoms with Crippen LogP contribution in [-0.2, 0) is 9.59 Å². The summed E-state index contributed by atoms with van der Waals surface area (Å²) < 4.78 is 16.1. The Morgan fingerprint density at radius 2 is 1.70 bits per heavy atom. The van der Waals surface area contributed by atoms with Crippen LogP contribution in [0.1, 0.15) is 17.4 Å². The highest BCUT2D eigenvalue weighted by Gasteiger charge is 2.48. The number of Topliss-reactive ketones (excluding diaryl/α,β-unsaturated/α-hetero) is 1. The van der Waals surface area contributed by atoms with Gasteiger partial charge in [-0.3, -0.25) is 14.5 Å². The number of aliphatic hydroxyl groups is 1. The van der Waals surface area contributed by atoms with Gasteiger partial charge in [0, 0.05) is 31.0 Å². The lowest BCUT2D eigenvalue weighted by Gasteiger charge is -2.24. The van der Waals surface area contributed by atoms with Gasteiger partial charge < -0.3 is 23.9 Å². The molecule has 1 amide bonds. The molecule has 1 aromatic heterocycles. The summed E-state index contributed by atoms with van der Waals surface area (Å²) in [7, 11) is 6.79. The number of carbonyl (C=O) groups excluding carboxylic acids is 2. The predicted octanol–water partition coefficient (Wildman–Crippen LogP) is 3.99. The van der Waals surface area contributed by atoms with Gasteiger partial charge in [-0.1, -0.05) is 0 Å². The quantitative estimate of drug-likeness (QED) is 0.346. The highest BCUT2D eigenvalue weighted by atomic mass is 16.5. The number of ketones is 1. The van der Waals surface area contributed by atoms with Gasteiger partial charge in [-0.15, -0.1) is 0 Å². The molecule has 1 aliphatic rings. The maximum absolute atomic E-state index is 13.1. The summed E-state index contributed by atoms with van der Waals surface area (Å²) in [4.78, 5) is 29.6. The Kier molecular flexibility index (Phi) is 5.83. The molecule has 1 N–H and O–H groups in total. The Bertz CT molecular complexity index is 1210. The second kappa shape index (κ2) is 8.74. The molecule has 3 aromatic rings. The van der Waals surface area contributed by atoms with E-state index in [-0.39, 0.29) is 11.3 Å². The SMILES string of the molecule is COc1ccc(/C(O)=C2/C(=O)C(=O)N(c3ccc(N(C)C)cc3)C2c2ccco2)cc1OC. The first kappa shape index (κ1) is 22.0. The number of aliphatic hydroxyl groups excluding tert-OH is 1. The number of nitrogens with zero attached hydrogens (tertiary/aromatic N) is 2. The Hall–Kier alpha value is -4.20. The minimum Gasteiger partial charge on any atom is -0.507 e. The van der Waals surface area contributed by atoms with E-state index in [2.05, 4.69) is 0 Å². The third-order valence-electron chi connectivity index (χ3n) is 5.56. The molecular formula is C25H24N2O6. The van der Waals surface area contributed by atoms with Crippen LogP contribution in [0.5, 0.6) is 11.5 Å². The van der Waals surface area contributed by atoms with E-state index in [4.69, 9.17) is 13.9 Å². The summed E-state index contributed by atoms with van der Waals surface area (Å²) in [5, 5.41) is 11.2. The fourth-order valence-corrected chi connectivity index (χ4v) is 3.87. The second-order valence-electron chi connectivity index (χ2n) is 7.67. The van der Waals surface area contributed by atoms with Crippen molar-refractivity contribution >= 4 is 28.8 Å². The Balaban J connectivity index is 1.87. The number of benzene rings is 2. The van der Waals surface area contributed by atoms with Crippen LogP contribution in [-0.4, -0.2) is 45.1 Å². The van der Waals surface area contributed by atoms with Crippen molar-refractivity contribution < 1.29 is 28.6 Å². The normalized spacial score (nSPS) is 17.3. The van der Waals surface area contributed by atoms with E-state index in [0.29, 0.717) is 28.5 Å².